The molecule has 0 aliphatic rings. The lowest BCUT2D eigenvalue weighted by Gasteiger charge is -2.25. The summed E-state index contributed by atoms with van der Waals surface area (Å²) >= 11 is 5.41. The van der Waals surface area contributed by atoms with Crippen LogP contribution in [0.1, 0.15) is 20.8 Å². The third-order valence-electron chi connectivity index (χ3n) is 1.68. The van der Waals surface area contributed by atoms with Gasteiger partial charge in [0.15, 0.2) is 0 Å². The SMILES string of the molecule is CC(C)(C)CS(=O)(=O)N(CCCl)CC(F)F. The molecule has 0 fully saturated rings. The molecule has 0 amide bonds. The van der Waals surface area contributed by atoms with E-state index in [2.05, 4.69) is 0 Å². The zero-order chi connectivity index (χ0) is 13.0. The molecule has 0 saturated heterocycles. The normalized spacial score (nSPS) is 13.8. The first-order chi connectivity index (χ1) is 7.08. The van der Waals surface area contributed by atoms with Crippen LogP contribution in [0.25, 0.3) is 0 Å². The van der Waals surface area contributed by atoms with Crippen molar-refractivity contribution in [3.63, 3.8) is 0 Å². The third-order valence-corrected chi connectivity index (χ3v) is 4.20. The van der Waals surface area contributed by atoms with Crippen LogP contribution in [-0.2, 0) is 10.0 Å². The van der Waals surface area contributed by atoms with Gasteiger partial charge >= 0.3 is 0 Å². The van der Waals surface area contributed by atoms with E-state index in [9.17, 15) is 17.2 Å². The molecule has 98 valence electrons. The summed E-state index contributed by atoms with van der Waals surface area (Å²) in [5, 5.41) is 0. The summed E-state index contributed by atoms with van der Waals surface area (Å²) in [5.74, 6) is -0.153. The molecule has 0 aliphatic carbocycles. The van der Waals surface area contributed by atoms with Crippen LogP contribution < -0.4 is 0 Å². The quantitative estimate of drug-likeness (QED) is 0.698. The van der Waals surface area contributed by atoms with Crippen LogP contribution in [0.2, 0.25) is 0 Å². The molecule has 0 saturated carbocycles. The fourth-order valence-corrected chi connectivity index (χ4v) is 3.52. The maximum absolute atomic E-state index is 12.2. The van der Waals surface area contributed by atoms with E-state index in [4.69, 9.17) is 11.6 Å². The van der Waals surface area contributed by atoms with Crippen LogP contribution in [0.5, 0.6) is 0 Å². The van der Waals surface area contributed by atoms with Crippen molar-refractivity contribution in [1.29, 1.82) is 0 Å². The van der Waals surface area contributed by atoms with Gasteiger partial charge in [-0.15, -0.1) is 11.6 Å². The topological polar surface area (TPSA) is 37.4 Å². The Kier molecular flexibility index (Phi) is 6.14. The van der Waals surface area contributed by atoms with E-state index in [1.807, 2.05) is 0 Å². The molecule has 0 aliphatic heterocycles. The summed E-state index contributed by atoms with van der Waals surface area (Å²) in [6.45, 7) is 4.36. The van der Waals surface area contributed by atoms with Crippen molar-refractivity contribution in [3.8, 4) is 0 Å². The highest BCUT2D eigenvalue weighted by molar-refractivity contribution is 7.89. The summed E-state index contributed by atoms with van der Waals surface area (Å²) < 4.78 is 48.8. The van der Waals surface area contributed by atoms with Gasteiger partial charge in [-0.2, -0.15) is 4.31 Å². The van der Waals surface area contributed by atoms with E-state index in [1.165, 1.54) is 0 Å². The fraction of sp³-hybridized carbons (Fsp3) is 1.00. The van der Waals surface area contributed by atoms with E-state index in [-0.39, 0.29) is 18.2 Å². The molecule has 0 unspecified atom stereocenters. The number of sulfonamides is 1. The molecule has 3 nitrogen and oxygen atoms in total. The minimum atomic E-state index is -3.67. The molecule has 0 aromatic rings. The largest absolute Gasteiger partial charge is 0.252 e. The van der Waals surface area contributed by atoms with Gasteiger partial charge in [0, 0.05) is 12.4 Å². The molecule has 0 atom stereocenters. The summed E-state index contributed by atoms with van der Waals surface area (Å²) in [4.78, 5) is 0. The number of hydrogen-bond donors (Lipinski definition) is 0. The zero-order valence-corrected chi connectivity index (χ0v) is 11.3. The van der Waals surface area contributed by atoms with Gasteiger partial charge in [0.2, 0.25) is 10.0 Å². The van der Waals surface area contributed by atoms with Crippen molar-refractivity contribution in [2.75, 3.05) is 24.7 Å². The van der Waals surface area contributed by atoms with E-state index >= 15 is 0 Å². The van der Waals surface area contributed by atoms with Crippen molar-refractivity contribution in [3.05, 3.63) is 0 Å². The smallest absolute Gasteiger partial charge is 0.212 e. The Bertz CT molecular complexity index is 301. The predicted molar refractivity (Wildman–Crippen MR) is 61.5 cm³/mol. The zero-order valence-electron chi connectivity index (χ0n) is 9.71. The summed E-state index contributed by atoms with van der Waals surface area (Å²) in [7, 11) is -3.67. The van der Waals surface area contributed by atoms with Crippen LogP contribution in [0.15, 0.2) is 0 Å². The van der Waals surface area contributed by atoms with Crippen molar-refractivity contribution < 1.29 is 17.2 Å². The predicted octanol–water partition coefficient (Wildman–Crippen LogP) is 2.17. The number of hydrogen-bond acceptors (Lipinski definition) is 2. The van der Waals surface area contributed by atoms with Gasteiger partial charge in [-0.05, 0) is 5.41 Å². The van der Waals surface area contributed by atoms with E-state index in [0.717, 1.165) is 4.31 Å². The molecule has 0 N–H and O–H groups in total. The lowest BCUT2D eigenvalue weighted by Crippen LogP contribution is -2.40. The number of alkyl halides is 3. The molecular weight excluding hydrogens is 260 g/mol. The second kappa shape index (κ2) is 6.12. The van der Waals surface area contributed by atoms with Gasteiger partial charge in [-0.1, -0.05) is 20.8 Å². The highest BCUT2D eigenvalue weighted by Crippen LogP contribution is 2.19. The van der Waals surface area contributed by atoms with Crippen LogP contribution >= 0.6 is 11.6 Å². The van der Waals surface area contributed by atoms with Crippen molar-refractivity contribution >= 4 is 21.6 Å². The molecule has 0 bridgehead atoms. The maximum Gasteiger partial charge on any atom is 0.252 e. The van der Waals surface area contributed by atoms with E-state index in [0.29, 0.717) is 0 Å². The van der Waals surface area contributed by atoms with Crippen LogP contribution in [0, 0.1) is 5.41 Å². The van der Waals surface area contributed by atoms with Gasteiger partial charge in [0.05, 0.1) is 12.3 Å². The molecular formula is C9H18ClF2NO2S. The minimum absolute atomic E-state index is 0.0100. The molecule has 0 radical (unpaired) electrons. The first kappa shape index (κ1) is 16.1. The Morgan fingerprint density at radius 2 is 1.81 bits per heavy atom. The summed E-state index contributed by atoms with van der Waals surface area (Å²) in [5.41, 5.74) is -0.467. The first-order valence-corrected chi connectivity index (χ1v) is 7.05. The highest BCUT2D eigenvalue weighted by Gasteiger charge is 2.29. The van der Waals surface area contributed by atoms with Gasteiger partial charge in [-0.3, -0.25) is 0 Å². The molecule has 7 heteroatoms. The highest BCUT2D eigenvalue weighted by atomic mass is 35.5. The molecule has 0 spiro atoms. The van der Waals surface area contributed by atoms with Gasteiger partial charge < -0.3 is 0 Å². The Labute approximate surface area is 101 Å². The Morgan fingerprint density at radius 3 is 2.12 bits per heavy atom. The van der Waals surface area contributed by atoms with Gasteiger partial charge in [0.1, 0.15) is 0 Å². The van der Waals surface area contributed by atoms with Crippen molar-refractivity contribution in [1.82, 2.24) is 4.31 Å². The van der Waals surface area contributed by atoms with Gasteiger partial charge in [-0.25, -0.2) is 17.2 Å². The molecule has 0 rings (SSSR count). The Balaban J connectivity index is 4.76. The minimum Gasteiger partial charge on any atom is -0.212 e. The van der Waals surface area contributed by atoms with Gasteiger partial charge in [0.25, 0.3) is 6.43 Å². The summed E-state index contributed by atoms with van der Waals surface area (Å²) in [6.07, 6.45) is -2.68. The summed E-state index contributed by atoms with van der Waals surface area (Å²) in [6, 6.07) is 0. The first-order valence-electron chi connectivity index (χ1n) is 4.90. The average Bonchev–Trinajstić information content (AvgIpc) is 1.97. The second-order valence-corrected chi connectivity index (χ2v) is 7.10. The monoisotopic (exact) mass is 277 g/mol. The average molecular weight is 278 g/mol. The van der Waals surface area contributed by atoms with Crippen LogP contribution in [0.4, 0.5) is 8.78 Å². The number of halogens is 3. The third kappa shape index (κ3) is 6.60. The van der Waals surface area contributed by atoms with Crippen molar-refractivity contribution in [2.45, 2.75) is 27.2 Å². The second-order valence-electron chi connectivity index (χ2n) is 4.75. The van der Waals surface area contributed by atoms with Crippen molar-refractivity contribution in [2.24, 2.45) is 5.41 Å². The lowest BCUT2D eigenvalue weighted by molar-refractivity contribution is 0.121. The molecule has 0 aromatic carbocycles. The Morgan fingerprint density at radius 1 is 1.31 bits per heavy atom. The standard InChI is InChI=1S/C9H18ClF2NO2S/c1-9(2,3)7-16(14,15)13(5-4-10)6-8(11)12/h8H,4-7H2,1-3H3. The van der Waals surface area contributed by atoms with E-state index < -0.39 is 28.4 Å². The number of rotatable bonds is 6. The molecule has 0 heterocycles. The molecule has 0 aromatic heterocycles. The van der Waals surface area contributed by atoms with Crippen LogP contribution in [-0.4, -0.2) is 43.9 Å². The molecule has 16 heavy (non-hydrogen) atoms. The number of nitrogens with zero attached hydrogens (tertiary/aromatic N) is 1. The Hall–Kier alpha value is 0.0600. The lowest BCUT2D eigenvalue weighted by atomic mass is 10.0. The maximum atomic E-state index is 12.2. The van der Waals surface area contributed by atoms with Crippen LogP contribution in [0.3, 0.4) is 0 Å². The van der Waals surface area contributed by atoms with E-state index in [1.54, 1.807) is 20.8 Å². The fourth-order valence-electron chi connectivity index (χ4n) is 1.23.